The van der Waals surface area contributed by atoms with E-state index in [1.165, 1.54) is 0 Å². The van der Waals surface area contributed by atoms with Crippen molar-refractivity contribution in [3.63, 3.8) is 0 Å². The average molecular weight is 363 g/mol. The second kappa shape index (κ2) is 7.80. The summed E-state index contributed by atoms with van der Waals surface area (Å²) in [5.41, 5.74) is 8.42. The maximum Gasteiger partial charge on any atom is 0.271 e. The van der Waals surface area contributed by atoms with Crippen molar-refractivity contribution < 1.29 is 4.74 Å². The number of morpholine rings is 1. The van der Waals surface area contributed by atoms with Crippen LogP contribution in [0.3, 0.4) is 0 Å². The molecule has 0 spiro atoms. The van der Waals surface area contributed by atoms with E-state index in [0.29, 0.717) is 13.2 Å². The van der Waals surface area contributed by atoms with Crippen LogP contribution in [0.5, 0.6) is 0 Å². The Labute approximate surface area is 159 Å². The van der Waals surface area contributed by atoms with Gasteiger partial charge in [0.1, 0.15) is 5.82 Å². The number of nitrogens with zero attached hydrogens (tertiary/aromatic N) is 6. The Bertz CT molecular complexity index is 825. The lowest BCUT2D eigenvalue weighted by molar-refractivity contribution is 0.122. The van der Waals surface area contributed by atoms with E-state index in [9.17, 15) is 0 Å². The van der Waals surface area contributed by atoms with Crippen molar-refractivity contribution in [2.75, 3.05) is 54.9 Å². The first-order chi connectivity index (χ1) is 13.2. The molecule has 4 heterocycles. The molecule has 27 heavy (non-hydrogen) atoms. The van der Waals surface area contributed by atoms with E-state index in [1.807, 2.05) is 0 Å². The van der Waals surface area contributed by atoms with Gasteiger partial charge >= 0.3 is 0 Å². The molecule has 0 radical (unpaired) electrons. The first-order valence-corrected chi connectivity index (χ1v) is 9.30. The molecule has 0 aromatic carbocycles. The number of pyridine rings is 1. The van der Waals surface area contributed by atoms with Gasteiger partial charge in [0.25, 0.3) is 6.71 Å². The van der Waals surface area contributed by atoms with Gasteiger partial charge in [-0.25, -0.2) is 20.2 Å². The van der Waals surface area contributed by atoms with Crippen molar-refractivity contribution in [3.05, 3.63) is 24.5 Å². The van der Waals surface area contributed by atoms with Gasteiger partial charge in [0.05, 0.1) is 18.9 Å². The number of rotatable bonds is 3. The van der Waals surface area contributed by atoms with Gasteiger partial charge in [-0.3, -0.25) is 0 Å². The van der Waals surface area contributed by atoms with E-state index < -0.39 is 0 Å². The molecular formula is C18H22BN7O. The van der Waals surface area contributed by atoms with Crippen molar-refractivity contribution in [1.82, 2.24) is 15.0 Å². The van der Waals surface area contributed by atoms with Gasteiger partial charge in [-0.1, -0.05) is 0 Å². The summed E-state index contributed by atoms with van der Waals surface area (Å²) in [6.07, 6.45) is 5.21. The van der Waals surface area contributed by atoms with Gasteiger partial charge in [0, 0.05) is 61.9 Å². The molecule has 2 aromatic rings. The van der Waals surface area contributed by atoms with Gasteiger partial charge in [-0.15, -0.1) is 0 Å². The van der Waals surface area contributed by atoms with E-state index in [-0.39, 0.29) is 12.7 Å². The number of aromatic nitrogens is 3. The molecule has 0 aliphatic carbocycles. The maximum atomic E-state index is 9.16. The van der Waals surface area contributed by atoms with Crippen LogP contribution in [-0.4, -0.2) is 61.1 Å². The molecular weight excluding hydrogens is 341 g/mol. The van der Waals surface area contributed by atoms with Crippen molar-refractivity contribution in [1.29, 1.82) is 5.26 Å². The zero-order valence-electron chi connectivity index (χ0n) is 15.2. The molecule has 2 aromatic heterocycles. The monoisotopic (exact) mass is 363 g/mol. The molecule has 2 aliphatic heterocycles. The Morgan fingerprint density at radius 1 is 1.04 bits per heavy atom. The number of nitrogens with two attached hydrogens (primary N) is 1. The van der Waals surface area contributed by atoms with Crippen LogP contribution in [0, 0.1) is 11.2 Å². The molecule has 8 nitrogen and oxygen atoms in total. The van der Waals surface area contributed by atoms with Crippen molar-refractivity contribution in [3.8, 4) is 17.2 Å². The van der Waals surface area contributed by atoms with Crippen LogP contribution >= 0.6 is 0 Å². The standard InChI is InChI=1S/C18H22BN7O/c20-13-19-1-3-25(4-2-19)15-9-16(14-11-22-18(21)23-12-14)24-17(10-15)26-5-7-27-8-6-26/h9-12H,1-8H2,(H2,21,22,23). The molecule has 2 N–H and O–H groups in total. The van der Waals surface area contributed by atoms with E-state index in [1.54, 1.807) is 12.4 Å². The zero-order chi connectivity index (χ0) is 18.6. The molecule has 0 unspecified atom stereocenters. The summed E-state index contributed by atoms with van der Waals surface area (Å²) in [6, 6.07) is 4.21. The minimum Gasteiger partial charge on any atom is -0.378 e. The first kappa shape index (κ1) is 17.6. The Morgan fingerprint density at radius 2 is 1.74 bits per heavy atom. The number of nitriles is 1. The summed E-state index contributed by atoms with van der Waals surface area (Å²) in [6.45, 7) is 4.98. The summed E-state index contributed by atoms with van der Waals surface area (Å²) in [5.74, 6) is 3.58. The number of hydrogen-bond donors (Lipinski definition) is 1. The molecule has 0 amide bonds. The van der Waals surface area contributed by atoms with Gasteiger partial charge in [-0.05, 0) is 18.7 Å². The number of nitrogen functional groups attached to an aromatic ring is 1. The summed E-state index contributed by atoms with van der Waals surface area (Å²) in [4.78, 5) is 17.6. The smallest absolute Gasteiger partial charge is 0.271 e. The Hall–Kier alpha value is -2.86. The third-order valence-corrected chi connectivity index (χ3v) is 5.14. The van der Waals surface area contributed by atoms with Crippen LogP contribution in [0.2, 0.25) is 12.6 Å². The van der Waals surface area contributed by atoms with Crippen LogP contribution in [0.4, 0.5) is 17.5 Å². The molecule has 0 atom stereocenters. The predicted molar refractivity (Wildman–Crippen MR) is 106 cm³/mol. The zero-order valence-corrected chi connectivity index (χ0v) is 15.2. The fraction of sp³-hybridized carbons (Fsp3) is 0.444. The van der Waals surface area contributed by atoms with Crippen LogP contribution in [0.1, 0.15) is 0 Å². The van der Waals surface area contributed by atoms with Crippen molar-refractivity contribution in [2.45, 2.75) is 12.6 Å². The average Bonchev–Trinajstić information content (AvgIpc) is 2.74. The minimum absolute atomic E-state index is 0.159. The molecule has 138 valence electrons. The highest BCUT2D eigenvalue weighted by Crippen LogP contribution is 2.30. The predicted octanol–water partition coefficient (Wildman–Crippen LogP) is 1.33. The van der Waals surface area contributed by atoms with Gasteiger partial charge < -0.3 is 20.3 Å². The SMILES string of the molecule is N#CB1CCN(c2cc(-c3cnc(N)nc3)nc(N3CCOCC3)c2)CC1. The fourth-order valence-corrected chi connectivity index (χ4v) is 3.52. The van der Waals surface area contributed by atoms with Crippen LogP contribution in [-0.2, 0) is 4.74 Å². The molecule has 4 rings (SSSR count). The molecule has 0 bridgehead atoms. The van der Waals surface area contributed by atoms with Gasteiger partial charge in [0.15, 0.2) is 0 Å². The summed E-state index contributed by atoms with van der Waals surface area (Å²) >= 11 is 0. The normalized spacial score (nSPS) is 17.7. The maximum absolute atomic E-state index is 9.16. The molecule has 2 saturated heterocycles. The Morgan fingerprint density at radius 3 is 2.41 bits per heavy atom. The minimum atomic E-state index is 0.159. The second-order valence-corrected chi connectivity index (χ2v) is 6.89. The van der Waals surface area contributed by atoms with E-state index in [0.717, 1.165) is 61.6 Å². The van der Waals surface area contributed by atoms with E-state index in [4.69, 9.17) is 20.7 Å². The molecule has 2 aliphatic rings. The Balaban J connectivity index is 1.68. The number of anilines is 3. The summed E-state index contributed by atoms with van der Waals surface area (Å²) in [7, 11) is 0. The van der Waals surface area contributed by atoms with Crippen LogP contribution in [0.15, 0.2) is 24.5 Å². The first-order valence-electron chi connectivity index (χ1n) is 9.30. The van der Waals surface area contributed by atoms with Crippen molar-refractivity contribution in [2.24, 2.45) is 0 Å². The van der Waals surface area contributed by atoms with Crippen LogP contribution < -0.4 is 15.5 Å². The topological polar surface area (TPSA) is 104 Å². The fourth-order valence-electron chi connectivity index (χ4n) is 3.52. The van der Waals surface area contributed by atoms with Gasteiger partial charge in [-0.2, -0.15) is 0 Å². The molecule has 9 heteroatoms. The highest BCUT2D eigenvalue weighted by atomic mass is 16.5. The highest BCUT2D eigenvalue weighted by molar-refractivity contribution is 6.67. The Kier molecular flexibility index (Phi) is 5.07. The molecule has 0 saturated carbocycles. The summed E-state index contributed by atoms with van der Waals surface area (Å²) < 4.78 is 5.48. The summed E-state index contributed by atoms with van der Waals surface area (Å²) in [5, 5.41) is 9.16. The van der Waals surface area contributed by atoms with E-state index in [2.05, 4.69) is 37.9 Å². The van der Waals surface area contributed by atoms with Crippen molar-refractivity contribution >= 4 is 24.2 Å². The lowest BCUT2D eigenvalue weighted by atomic mass is 9.45. The lowest BCUT2D eigenvalue weighted by Crippen LogP contribution is -2.38. The third-order valence-electron chi connectivity index (χ3n) is 5.14. The quantitative estimate of drug-likeness (QED) is 0.815. The second-order valence-electron chi connectivity index (χ2n) is 6.89. The third kappa shape index (κ3) is 3.96. The van der Waals surface area contributed by atoms with E-state index >= 15 is 0 Å². The number of ether oxygens (including phenoxy) is 1. The largest absolute Gasteiger partial charge is 0.378 e. The molecule has 2 fully saturated rings. The van der Waals surface area contributed by atoms with Crippen LogP contribution in [0.25, 0.3) is 11.3 Å². The van der Waals surface area contributed by atoms with Gasteiger partial charge in [0.2, 0.25) is 5.95 Å². The number of hydrogen-bond acceptors (Lipinski definition) is 8. The lowest BCUT2D eigenvalue weighted by Gasteiger charge is -2.33. The highest BCUT2D eigenvalue weighted by Gasteiger charge is 2.24.